The third-order valence-electron chi connectivity index (χ3n) is 5.77. The normalized spacial score (nSPS) is 15.2. The second-order valence-corrected chi connectivity index (χ2v) is 7.86. The zero-order chi connectivity index (χ0) is 25.8. The van der Waals surface area contributed by atoms with Gasteiger partial charge in [-0.25, -0.2) is 20.2 Å². The van der Waals surface area contributed by atoms with E-state index in [1.165, 1.54) is 0 Å². The number of halogens is 3. The van der Waals surface area contributed by atoms with Crippen LogP contribution in [-0.4, -0.2) is 16.3 Å². The minimum Gasteiger partial charge on any atom is -0.404 e. The van der Waals surface area contributed by atoms with Crippen molar-refractivity contribution >= 4 is 11.1 Å². The van der Waals surface area contributed by atoms with E-state index in [9.17, 15) is 23.7 Å². The average Bonchev–Trinajstić information content (AvgIpc) is 3.30. The Hall–Kier alpha value is -5.45. The maximum absolute atomic E-state index is 12.8. The van der Waals surface area contributed by atoms with Crippen molar-refractivity contribution in [1.29, 1.82) is 10.5 Å². The molecule has 3 aromatic rings. The lowest BCUT2D eigenvalue weighted by Gasteiger charge is -2.10. The highest BCUT2D eigenvalue weighted by Crippen LogP contribution is 2.53. The quantitative estimate of drug-likeness (QED) is 0.216. The summed E-state index contributed by atoms with van der Waals surface area (Å²) in [4.78, 5) is 15.3. The summed E-state index contributed by atoms with van der Waals surface area (Å²) in [7, 11) is 0. The summed E-state index contributed by atoms with van der Waals surface area (Å²) in [5, 5.41) is 19.3. The van der Waals surface area contributed by atoms with Gasteiger partial charge in [-0.2, -0.15) is 0 Å². The summed E-state index contributed by atoms with van der Waals surface area (Å²) in [6.07, 6.45) is -2.39. The fourth-order valence-corrected chi connectivity index (χ4v) is 4.49. The molecule has 2 aliphatic rings. The van der Waals surface area contributed by atoms with Gasteiger partial charge < -0.3 is 4.74 Å². The van der Waals surface area contributed by atoms with Crippen molar-refractivity contribution < 1.29 is 17.9 Å². The lowest BCUT2D eigenvalue weighted by atomic mass is 9.95. The topological polar surface area (TPSA) is 91.3 Å². The first-order valence-corrected chi connectivity index (χ1v) is 10.2. The van der Waals surface area contributed by atoms with E-state index in [2.05, 4.69) is 24.4 Å². The minimum atomic E-state index is -4.95. The molecule has 0 unspecified atom stereocenters. The van der Waals surface area contributed by atoms with Gasteiger partial charge in [-0.05, 0) is 53.4 Å². The molecule has 10 heteroatoms. The van der Waals surface area contributed by atoms with Crippen LogP contribution in [-0.2, 0) is 0 Å². The molecular weight excluding hydrogens is 469 g/mol. The Balaban J connectivity index is 1.86. The summed E-state index contributed by atoms with van der Waals surface area (Å²) in [5.74, 6) is -0.593. The number of aromatic nitrogens is 2. The van der Waals surface area contributed by atoms with E-state index in [0.29, 0.717) is 39.1 Å². The number of allylic oxidation sites excluding steroid dienone is 2. The number of aryl methyl sites for hydroxylation is 1. The maximum atomic E-state index is 12.8. The molecular formula is C26H9F3N6O. The number of alkyl halides is 3. The van der Waals surface area contributed by atoms with Gasteiger partial charge in [0.05, 0.1) is 42.9 Å². The SMILES string of the molecule is [C-]#[N+]/C(C#N)=C1/c2cc3c(cc2-c2ncc(C)cc21)-c1ncc(OC(F)(F)F)cc1/C3=C(\C#N)[N+]#[C-]. The Bertz CT molecular complexity index is 1720. The predicted octanol–water partition coefficient (Wildman–Crippen LogP) is 6.05. The Kier molecular flexibility index (Phi) is 4.85. The molecule has 170 valence electrons. The van der Waals surface area contributed by atoms with Crippen LogP contribution < -0.4 is 4.74 Å². The average molecular weight is 478 g/mol. The smallest absolute Gasteiger partial charge is 0.404 e. The third-order valence-corrected chi connectivity index (χ3v) is 5.77. The monoisotopic (exact) mass is 478 g/mol. The van der Waals surface area contributed by atoms with Gasteiger partial charge in [0.1, 0.15) is 5.75 Å². The van der Waals surface area contributed by atoms with E-state index in [0.717, 1.165) is 17.8 Å². The lowest BCUT2D eigenvalue weighted by Crippen LogP contribution is -2.17. The zero-order valence-electron chi connectivity index (χ0n) is 18.2. The van der Waals surface area contributed by atoms with E-state index in [4.69, 9.17) is 13.1 Å². The fourth-order valence-electron chi connectivity index (χ4n) is 4.49. The van der Waals surface area contributed by atoms with Crippen molar-refractivity contribution in [2.45, 2.75) is 13.3 Å². The molecule has 0 bridgehead atoms. The molecule has 0 spiro atoms. The Labute approximate surface area is 202 Å². The number of pyridine rings is 2. The van der Waals surface area contributed by atoms with Crippen molar-refractivity contribution in [3.05, 3.63) is 98.7 Å². The summed E-state index contributed by atoms with van der Waals surface area (Å²) in [6.45, 7) is 16.8. The number of ether oxygens (including phenoxy) is 1. The first-order chi connectivity index (χ1) is 17.2. The van der Waals surface area contributed by atoms with Crippen LogP contribution >= 0.6 is 0 Å². The largest absolute Gasteiger partial charge is 0.573 e. The van der Waals surface area contributed by atoms with Gasteiger partial charge in [-0.1, -0.05) is 0 Å². The van der Waals surface area contributed by atoms with Crippen LogP contribution in [0.1, 0.15) is 27.8 Å². The molecule has 0 amide bonds. The summed E-state index contributed by atoms with van der Waals surface area (Å²) in [5.41, 5.74) is 4.25. The molecule has 0 N–H and O–H groups in total. The molecule has 2 aliphatic carbocycles. The number of fused-ring (bicyclic) bond motifs is 6. The molecule has 2 aromatic heterocycles. The predicted molar refractivity (Wildman–Crippen MR) is 121 cm³/mol. The number of rotatable bonds is 1. The number of benzene rings is 1. The fraction of sp³-hybridized carbons (Fsp3) is 0.0769. The van der Waals surface area contributed by atoms with Crippen LogP contribution in [0.3, 0.4) is 0 Å². The molecule has 0 fully saturated rings. The van der Waals surface area contributed by atoms with Gasteiger partial charge >= 0.3 is 6.36 Å². The van der Waals surface area contributed by atoms with Gasteiger partial charge in [0.2, 0.25) is 0 Å². The highest BCUT2D eigenvalue weighted by Gasteiger charge is 2.36. The van der Waals surface area contributed by atoms with Crippen molar-refractivity contribution in [2.24, 2.45) is 0 Å². The molecule has 1 aromatic carbocycles. The minimum absolute atomic E-state index is 0.0983. The van der Waals surface area contributed by atoms with Crippen molar-refractivity contribution in [2.75, 3.05) is 0 Å². The van der Waals surface area contributed by atoms with Gasteiger partial charge in [0.25, 0.3) is 11.4 Å². The van der Waals surface area contributed by atoms with E-state index >= 15 is 0 Å². The molecule has 0 saturated carbocycles. The van der Waals surface area contributed by atoms with Gasteiger partial charge in [0, 0.05) is 34.0 Å². The van der Waals surface area contributed by atoms with Crippen LogP contribution in [0.5, 0.6) is 5.75 Å². The summed E-state index contributed by atoms with van der Waals surface area (Å²) < 4.78 is 42.5. The van der Waals surface area contributed by atoms with Crippen molar-refractivity contribution in [1.82, 2.24) is 9.97 Å². The molecule has 2 heterocycles. The summed E-state index contributed by atoms with van der Waals surface area (Å²) in [6, 6.07) is 9.95. The lowest BCUT2D eigenvalue weighted by molar-refractivity contribution is -0.274. The second-order valence-electron chi connectivity index (χ2n) is 7.86. The molecule has 5 rings (SSSR count). The Morgan fingerprint density at radius 1 is 0.806 bits per heavy atom. The first-order valence-electron chi connectivity index (χ1n) is 10.2. The number of nitriles is 2. The molecule has 0 saturated heterocycles. The molecule has 0 aliphatic heterocycles. The van der Waals surface area contributed by atoms with Gasteiger partial charge in [-0.3, -0.25) is 9.97 Å². The zero-order valence-corrected chi connectivity index (χ0v) is 18.2. The molecule has 7 nitrogen and oxygen atoms in total. The van der Waals surface area contributed by atoms with E-state index in [1.807, 2.05) is 19.1 Å². The highest BCUT2D eigenvalue weighted by atomic mass is 19.4. The van der Waals surface area contributed by atoms with Crippen molar-refractivity contribution in [3.63, 3.8) is 0 Å². The molecule has 0 radical (unpaired) electrons. The Morgan fingerprint density at radius 2 is 1.31 bits per heavy atom. The van der Waals surface area contributed by atoms with Crippen LogP contribution in [0.15, 0.2) is 48.1 Å². The van der Waals surface area contributed by atoms with Gasteiger partial charge in [0.15, 0.2) is 0 Å². The third kappa shape index (κ3) is 3.26. The van der Waals surface area contributed by atoms with E-state index < -0.39 is 12.1 Å². The van der Waals surface area contributed by atoms with E-state index in [1.54, 1.807) is 24.4 Å². The summed E-state index contributed by atoms with van der Waals surface area (Å²) >= 11 is 0. The van der Waals surface area contributed by atoms with Crippen LogP contribution in [0.2, 0.25) is 0 Å². The van der Waals surface area contributed by atoms with Gasteiger partial charge in [-0.15, -0.1) is 13.2 Å². The number of hydrogen-bond acceptors (Lipinski definition) is 5. The van der Waals surface area contributed by atoms with Crippen LogP contribution in [0, 0.1) is 42.7 Å². The van der Waals surface area contributed by atoms with Crippen molar-refractivity contribution in [3.8, 4) is 40.4 Å². The highest BCUT2D eigenvalue weighted by molar-refractivity contribution is 6.09. The van der Waals surface area contributed by atoms with Crippen LogP contribution in [0.4, 0.5) is 13.2 Å². The number of nitrogens with zero attached hydrogens (tertiary/aromatic N) is 6. The first kappa shape index (κ1) is 22.3. The maximum Gasteiger partial charge on any atom is 0.573 e. The standard InChI is InChI=1S/C26H9F3N6O/c1-12-4-18-22(20(8-30)32-2)14-6-15-17(7-16(14)24(18)34-10-12)25-19(23(15)21(9-31)33-3)5-13(11-35-25)36-26(27,28)29/h4-7,10-11H,1H3/b22-20-,23-21+. The van der Waals surface area contributed by atoms with E-state index in [-0.39, 0.29) is 28.2 Å². The molecule has 36 heavy (non-hydrogen) atoms. The molecule has 0 atom stereocenters. The Morgan fingerprint density at radius 3 is 1.81 bits per heavy atom. The number of hydrogen-bond donors (Lipinski definition) is 0. The van der Waals surface area contributed by atoms with Crippen LogP contribution in [0.25, 0.3) is 43.4 Å². The second kappa shape index (κ2) is 7.81.